The Balaban J connectivity index is 2.30. The molecular weight excluding hydrogens is 249 g/mol. The number of carboxylic acid groups (broad SMARTS) is 1. The first-order chi connectivity index (χ1) is 8.38. The molecule has 0 heterocycles. The van der Waals surface area contributed by atoms with E-state index in [-0.39, 0.29) is 11.9 Å². The third-order valence-electron chi connectivity index (χ3n) is 2.88. The molecule has 0 radical (unpaired) electrons. The summed E-state index contributed by atoms with van der Waals surface area (Å²) in [5, 5.41) is 8.80. The first-order valence-corrected chi connectivity index (χ1v) is 5.49. The van der Waals surface area contributed by atoms with Crippen LogP contribution in [-0.4, -0.2) is 17.2 Å². The SMILES string of the molecule is O=C(O)c1cc(OC2CCC2)ccc1C(F)(F)F. The number of carboxylic acids is 1. The molecule has 98 valence electrons. The highest BCUT2D eigenvalue weighted by molar-refractivity contribution is 5.90. The van der Waals surface area contributed by atoms with E-state index in [1.165, 1.54) is 0 Å². The maximum Gasteiger partial charge on any atom is 0.417 e. The number of hydrogen-bond acceptors (Lipinski definition) is 2. The van der Waals surface area contributed by atoms with E-state index in [9.17, 15) is 18.0 Å². The summed E-state index contributed by atoms with van der Waals surface area (Å²) in [6.07, 6.45) is -1.96. The minimum Gasteiger partial charge on any atom is -0.490 e. The molecule has 0 bridgehead atoms. The second-order valence-electron chi connectivity index (χ2n) is 4.18. The van der Waals surface area contributed by atoms with Gasteiger partial charge in [0.25, 0.3) is 0 Å². The number of halogens is 3. The van der Waals surface area contributed by atoms with E-state index in [2.05, 4.69) is 0 Å². The van der Waals surface area contributed by atoms with Crippen molar-refractivity contribution in [2.45, 2.75) is 31.5 Å². The van der Waals surface area contributed by atoms with Crippen molar-refractivity contribution in [1.82, 2.24) is 0 Å². The maximum absolute atomic E-state index is 12.6. The normalized spacial score (nSPS) is 16.2. The summed E-state index contributed by atoms with van der Waals surface area (Å²) in [5.74, 6) is -1.44. The molecule has 6 heteroatoms. The van der Waals surface area contributed by atoms with Crippen LogP contribution in [0.25, 0.3) is 0 Å². The molecule has 1 saturated carbocycles. The Morgan fingerprint density at radius 1 is 1.33 bits per heavy atom. The molecule has 0 spiro atoms. The lowest BCUT2D eigenvalue weighted by molar-refractivity contribution is -0.138. The van der Waals surface area contributed by atoms with Crippen LogP contribution in [0.2, 0.25) is 0 Å². The van der Waals surface area contributed by atoms with Gasteiger partial charge in [-0.2, -0.15) is 13.2 Å². The number of aromatic carboxylic acids is 1. The van der Waals surface area contributed by atoms with Gasteiger partial charge in [0, 0.05) is 0 Å². The summed E-state index contributed by atoms with van der Waals surface area (Å²) in [5.41, 5.74) is -1.93. The number of hydrogen-bond donors (Lipinski definition) is 1. The van der Waals surface area contributed by atoms with E-state index in [1.54, 1.807) is 0 Å². The number of alkyl halides is 3. The van der Waals surface area contributed by atoms with Crippen LogP contribution in [0.5, 0.6) is 5.75 Å². The molecule has 1 aromatic carbocycles. The van der Waals surface area contributed by atoms with Gasteiger partial charge >= 0.3 is 12.1 Å². The maximum atomic E-state index is 12.6. The zero-order chi connectivity index (χ0) is 13.3. The van der Waals surface area contributed by atoms with Crippen molar-refractivity contribution in [2.24, 2.45) is 0 Å². The Bertz CT molecular complexity index is 464. The summed E-state index contributed by atoms with van der Waals surface area (Å²) >= 11 is 0. The molecule has 0 aromatic heterocycles. The molecular formula is C12H11F3O3. The van der Waals surface area contributed by atoms with Gasteiger partial charge in [0.05, 0.1) is 17.2 Å². The highest BCUT2D eigenvalue weighted by Gasteiger charge is 2.35. The van der Waals surface area contributed by atoms with Crippen LogP contribution in [-0.2, 0) is 6.18 Å². The quantitative estimate of drug-likeness (QED) is 0.906. The van der Waals surface area contributed by atoms with Gasteiger partial charge in [-0.15, -0.1) is 0 Å². The van der Waals surface area contributed by atoms with Gasteiger partial charge in [0.2, 0.25) is 0 Å². The largest absolute Gasteiger partial charge is 0.490 e. The van der Waals surface area contributed by atoms with Gasteiger partial charge in [-0.05, 0) is 37.5 Å². The number of ether oxygens (including phenoxy) is 1. The van der Waals surface area contributed by atoms with Crippen LogP contribution in [0.3, 0.4) is 0 Å². The van der Waals surface area contributed by atoms with Crippen LogP contribution in [0.1, 0.15) is 35.2 Å². The molecule has 0 unspecified atom stereocenters. The molecule has 0 aliphatic heterocycles. The summed E-state index contributed by atoms with van der Waals surface area (Å²) < 4.78 is 43.1. The smallest absolute Gasteiger partial charge is 0.417 e. The van der Waals surface area contributed by atoms with Crippen LogP contribution in [0.4, 0.5) is 13.2 Å². The van der Waals surface area contributed by atoms with Gasteiger partial charge in [0.15, 0.2) is 0 Å². The molecule has 1 fully saturated rings. The van der Waals surface area contributed by atoms with Crippen molar-refractivity contribution in [3.63, 3.8) is 0 Å². The average molecular weight is 260 g/mol. The Morgan fingerprint density at radius 3 is 2.44 bits per heavy atom. The van der Waals surface area contributed by atoms with Gasteiger partial charge in [-0.25, -0.2) is 4.79 Å². The molecule has 18 heavy (non-hydrogen) atoms. The summed E-state index contributed by atoms with van der Waals surface area (Å²) in [6, 6.07) is 2.84. The van der Waals surface area contributed by atoms with Crippen LogP contribution < -0.4 is 4.74 Å². The standard InChI is InChI=1S/C12H11F3O3/c13-12(14,15)10-5-4-8(6-9(10)11(16)17)18-7-2-1-3-7/h4-7H,1-3H2,(H,16,17). The monoisotopic (exact) mass is 260 g/mol. The summed E-state index contributed by atoms with van der Waals surface area (Å²) in [7, 11) is 0. The van der Waals surface area contributed by atoms with E-state index in [4.69, 9.17) is 9.84 Å². The molecule has 1 aliphatic carbocycles. The van der Waals surface area contributed by atoms with Gasteiger partial charge in [-0.1, -0.05) is 0 Å². The number of rotatable bonds is 3. The summed E-state index contributed by atoms with van der Waals surface area (Å²) in [4.78, 5) is 10.8. The highest BCUT2D eigenvalue weighted by atomic mass is 19.4. The Labute approximate surface area is 101 Å². The Hall–Kier alpha value is -1.72. The van der Waals surface area contributed by atoms with Crippen molar-refractivity contribution >= 4 is 5.97 Å². The predicted molar refractivity (Wildman–Crippen MR) is 56.7 cm³/mol. The van der Waals surface area contributed by atoms with E-state index < -0.39 is 23.3 Å². The molecule has 1 aromatic rings. The van der Waals surface area contributed by atoms with Crippen molar-refractivity contribution in [1.29, 1.82) is 0 Å². The van der Waals surface area contributed by atoms with Gasteiger partial charge in [-0.3, -0.25) is 0 Å². The Morgan fingerprint density at radius 2 is 2.00 bits per heavy atom. The molecule has 0 saturated heterocycles. The fraction of sp³-hybridized carbons (Fsp3) is 0.417. The minimum atomic E-state index is -4.68. The first kappa shape index (κ1) is 12.7. The molecule has 1 aliphatic rings. The third kappa shape index (κ3) is 2.57. The fourth-order valence-electron chi connectivity index (χ4n) is 1.70. The molecule has 0 amide bonds. The van der Waals surface area contributed by atoms with Crippen molar-refractivity contribution in [3.8, 4) is 5.75 Å². The lowest BCUT2D eigenvalue weighted by atomic mass is 9.96. The lowest BCUT2D eigenvalue weighted by Crippen LogP contribution is -2.24. The highest BCUT2D eigenvalue weighted by Crippen LogP contribution is 2.35. The van der Waals surface area contributed by atoms with Gasteiger partial charge in [0.1, 0.15) is 5.75 Å². The minimum absolute atomic E-state index is 0.0108. The van der Waals surface area contributed by atoms with Crippen molar-refractivity contribution in [3.05, 3.63) is 29.3 Å². The van der Waals surface area contributed by atoms with Gasteiger partial charge < -0.3 is 9.84 Å². The van der Waals surface area contributed by atoms with E-state index >= 15 is 0 Å². The summed E-state index contributed by atoms with van der Waals surface area (Å²) in [6.45, 7) is 0. The lowest BCUT2D eigenvalue weighted by Gasteiger charge is -2.26. The van der Waals surface area contributed by atoms with Crippen molar-refractivity contribution < 1.29 is 27.8 Å². The predicted octanol–water partition coefficient (Wildman–Crippen LogP) is 3.33. The number of benzene rings is 1. The Kier molecular flexibility index (Phi) is 3.19. The van der Waals surface area contributed by atoms with Crippen LogP contribution in [0, 0.1) is 0 Å². The van der Waals surface area contributed by atoms with Crippen molar-refractivity contribution in [2.75, 3.05) is 0 Å². The molecule has 2 rings (SSSR count). The molecule has 3 nitrogen and oxygen atoms in total. The first-order valence-electron chi connectivity index (χ1n) is 5.49. The van der Waals surface area contributed by atoms with Crippen LogP contribution >= 0.6 is 0 Å². The molecule has 0 atom stereocenters. The average Bonchev–Trinajstić information content (AvgIpc) is 2.21. The fourth-order valence-corrected chi connectivity index (χ4v) is 1.70. The van der Waals surface area contributed by atoms with E-state index in [0.29, 0.717) is 0 Å². The molecule has 1 N–H and O–H groups in total. The third-order valence-corrected chi connectivity index (χ3v) is 2.88. The zero-order valence-electron chi connectivity index (χ0n) is 9.33. The second kappa shape index (κ2) is 4.51. The van der Waals surface area contributed by atoms with E-state index in [0.717, 1.165) is 37.5 Å². The second-order valence-corrected chi connectivity index (χ2v) is 4.18. The number of carbonyl (C=O) groups is 1. The topological polar surface area (TPSA) is 46.5 Å². The van der Waals surface area contributed by atoms with Crippen LogP contribution in [0.15, 0.2) is 18.2 Å². The zero-order valence-corrected chi connectivity index (χ0v) is 9.33. The van der Waals surface area contributed by atoms with E-state index in [1.807, 2.05) is 0 Å².